The fourth-order valence-electron chi connectivity index (χ4n) is 3.03. The van der Waals surface area contributed by atoms with Gasteiger partial charge >= 0.3 is 0 Å². The van der Waals surface area contributed by atoms with Crippen LogP contribution in [-0.4, -0.2) is 27.8 Å². The van der Waals surface area contributed by atoms with Crippen molar-refractivity contribution in [1.82, 2.24) is 9.55 Å². The van der Waals surface area contributed by atoms with Gasteiger partial charge in [0.15, 0.2) is 5.16 Å². The molecule has 0 saturated heterocycles. The number of anilines is 1. The second-order valence-corrected chi connectivity index (χ2v) is 8.93. The molecule has 0 spiro atoms. The third kappa shape index (κ3) is 6.02. The van der Waals surface area contributed by atoms with Gasteiger partial charge in [-0.15, -0.1) is 0 Å². The molecule has 0 atom stereocenters. The van der Waals surface area contributed by atoms with Gasteiger partial charge in [-0.25, -0.2) is 4.98 Å². The van der Waals surface area contributed by atoms with Crippen molar-refractivity contribution < 1.29 is 9.53 Å². The Morgan fingerprint density at radius 2 is 2.03 bits per heavy atom. The molecule has 3 rings (SSSR count). The van der Waals surface area contributed by atoms with Crippen LogP contribution in [0.2, 0.25) is 5.02 Å². The molecule has 3 aromatic rings. The summed E-state index contributed by atoms with van der Waals surface area (Å²) in [5, 5.41) is 4.37. The monoisotopic (exact) mass is 459 g/mol. The smallest absolute Gasteiger partial charge is 0.262 e. The minimum atomic E-state index is -0.195. The van der Waals surface area contributed by atoms with Crippen molar-refractivity contribution in [2.45, 2.75) is 38.9 Å². The van der Waals surface area contributed by atoms with Gasteiger partial charge < -0.3 is 10.1 Å². The maximum absolute atomic E-state index is 13.1. The molecule has 0 aliphatic rings. The maximum Gasteiger partial charge on any atom is 0.262 e. The van der Waals surface area contributed by atoms with E-state index in [9.17, 15) is 9.59 Å². The molecule has 0 bridgehead atoms. The minimum absolute atomic E-state index is 0.117. The highest BCUT2D eigenvalue weighted by molar-refractivity contribution is 7.99. The number of ether oxygens (including phenoxy) is 1. The highest BCUT2D eigenvalue weighted by Gasteiger charge is 2.15. The number of amides is 1. The maximum atomic E-state index is 13.1. The second kappa shape index (κ2) is 10.7. The average Bonchev–Trinajstić information content (AvgIpc) is 2.74. The van der Waals surface area contributed by atoms with Crippen molar-refractivity contribution in [2.75, 3.05) is 17.7 Å². The van der Waals surface area contributed by atoms with E-state index in [0.717, 1.165) is 6.42 Å². The Kier molecular flexibility index (Phi) is 7.98. The van der Waals surface area contributed by atoms with Gasteiger partial charge in [-0.1, -0.05) is 56.3 Å². The molecule has 31 heavy (non-hydrogen) atoms. The summed E-state index contributed by atoms with van der Waals surface area (Å²) in [6, 6.07) is 12.4. The Bertz CT molecular complexity index is 1130. The van der Waals surface area contributed by atoms with Gasteiger partial charge in [-0.3, -0.25) is 14.2 Å². The molecule has 0 saturated carbocycles. The molecule has 164 valence electrons. The Morgan fingerprint density at radius 3 is 2.77 bits per heavy atom. The number of nitrogens with one attached hydrogen (secondary N) is 1. The van der Waals surface area contributed by atoms with Crippen LogP contribution in [0.4, 0.5) is 5.69 Å². The molecule has 1 aromatic heterocycles. The zero-order valence-corrected chi connectivity index (χ0v) is 19.4. The molecule has 8 heteroatoms. The zero-order chi connectivity index (χ0) is 22.4. The first kappa shape index (κ1) is 23.2. The van der Waals surface area contributed by atoms with Crippen molar-refractivity contribution in [3.05, 3.63) is 57.8 Å². The van der Waals surface area contributed by atoms with Crippen LogP contribution in [0.3, 0.4) is 0 Å². The van der Waals surface area contributed by atoms with E-state index in [1.807, 2.05) is 39.0 Å². The van der Waals surface area contributed by atoms with E-state index < -0.39 is 0 Å². The lowest BCUT2D eigenvalue weighted by molar-refractivity contribution is -0.113. The fourth-order valence-corrected chi connectivity index (χ4v) is 4.01. The van der Waals surface area contributed by atoms with Gasteiger partial charge in [0.2, 0.25) is 5.91 Å². The van der Waals surface area contributed by atoms with Gasteiger partial charge in [0, 0.05) is 11.6 Å². The predicted molar refractivity (Wildman–Crippen MR) is 127 cm³/mol. The topological polar surface area (TPSA) is 73.2 Å². The molecule has 0 aliphatic heterocycles. The number of fused-ring (bicyclic) bond motifs is 1. The summed E-state index contributed by atoms with van der Waals surface area (Å²) in [6.07, 6.45) is 0.879. The fraction of sp³-hybridized carbons (Fsp3) is 0.348. The molecule has 0 fully saturated rings. The van der Waals surface area contributed by atoms with Crippen LogP contribution < -0.4 is 15.6 Å². The molecule has 1 heterocycles. The van der Waals surface area contributed by atoms with E-state index in [1.165, 1.54) is 11.8 Å². The van der Waals surface area contributed by atoms with Gasteiger partial charge in [-0.05, 0) is 42.7 Å². The summed E-state index contributed by atoms with van der Waals surface area (Å²) in [7, 11) is 0. The number of halogens is 1. The molecule has 2 aromatic carbocycles. The van der Waals surface area contributed by atoms with Crippen LogP contribution in [0.1, 0.15) is 27.2 Å². The molecular formula is C23H26ClN3O3S. The quantitative estimate of drug-likeness (QED) is 0.350. The number of rotatable bonds is 9. The summed E-state index contributed by atoms with van der Waals surface area (Å²) in [4.78, 5) is 30.3. The summed E-state index contributed by atoms with van der Waals surface area (Å²) < 4.78 is 7.32. The number of hydrogen-bond acceptors (Lipinski definition) is 5. The Balaban J connectivity index is 1.81. The highest BCUT2D eigenvalue weighted by Crippen LogP contribution is 2.25. The number of benzene rings is 2. The standard InChI is InChI=1S/C23H26ClN3O3S/c1-4-11-30-20-8-6-5-7-19(20)25-21(28)14-31-23-26-18-10-9-16(24)12-17(18)22(29)27(23)13-15(2)3/h5-10,12,15H,4,11,13-14H2,1-3H3,(H,25,28). The molecule has 0 aliphatic carbocycles. The Morgan fingerprint density at radius 1 is 1.26 bits per heavy atom. The number of aromatic nitrogens is 2. The Labute approximate surface area is 191 Å². The third-order valence-electron chi connectivity index (χ3n) is 4.38. The first-order valence-electron chi connectivity index (χ1n) is 10.2. The normalized spacial score (nSPS) is 11.1. The van der Waals surface area contributed by atoms with Crippen molar-refractivity contribution >= 4 is 45.9 Å². The number of nitrogens with zero attached hydrogens (tertiary/aromatic N) is 2. The van der Waals surface area contributed by atoms with Crippen LogP contribution in [0.25, 0.3) is 10.9 Å². The van der Waals surface area contributed by atoms with Crippen LogP contribution in [0, 0.1) is 5.92 Å². The van der Waals surface area contributed by atoms with Crippen LogP contribution in [0.5, 0.6) is 5.75 Å². The van der Waals surface area contributed by atoms with Gasteiger partial charge in [0.25, 0.3) is 5.56 Å². The van der Waals surface area contributed by atoms with Crippen LogP contribution in [-0.2, 0) is 11.3 Å². The van der Waals surface area contributed by atoms with E-state index in [-0.39, 0.29) is 23.1 Å². The van der Waals surface area contributed by atoms with Crippen molar-refractivity contribution in [2.24, 2.45) is 5.92 Å². The lowest BCUT2D eigenvalue weighted by Gasteiger charge is -2.15. The first-order valence-corrected chi connectivity index (χ1v) is 11.6. The molecule has 0 radical (unpaired) electrons. The second-order valence-electron chi connectivity index (χ2n) is 7.55. The molecule has 0 unspecified atom stereocenters. The largest absolute Gasteiger partial charge is 0.491 e. The number of carbonyl (C=O) groups is 1. The van der Waals surface area contributed by atoms with Crippen molar-refractivity contribution in [1.29, 1.82) is 0 Å². The highest BCUT2D eigenvalue weighted by atomic mass is 35.5. The number of para-hydroxylation sites is 2. The summed E-state index contributed by atoms with van der Waals surface area (Å²) in [6.45, 7) is 7.17. The molecule has 1 amide bonds. The average molecular weight is 460 g/mol. The zero-order valence-electron chi connectivity index (χ0n) is 17.9. The number of thioether (sulfide) groups is 1. The molecule has 1 N–H and O–H groups in total. The van der Waals surface area contributed by atoms with Crippen molar-refractivity contribution in [3.63, 3.8) is 0 Å². The van der Waals surface area contributed by atoms with Crippen molar-refractivity contribution in [3.8, 4) is 5.75 Å². The third-order valence-corrected chi connectivity index (χ3v) is 5.60. The van der Waals surface area contributed by atoms with E-state index in [0.29, 0.717) is 45.7 Å². The SMILES string of the molecule is CCCOc1ccccc1NC(=O)CSc1nc2ccc(Cl)cc2c(=O)n1CC(C)C. The number of hydrogen-bond donors (Lipinski definition) is 1. The van der Waals surface area contributed by atoms with Crippen LogP contribution in [0.15, 0.2) is 52.4 Å². The summed E-state index contributed by atoms with van der Waals surface area (Å²) in [5.74, 6) is 0.803. The van der Waals surface area contributed by atoms with E-state index in [2.05, 4.69) is 10.3 Å². The number of carbonyl (C=O) groups excluding carboxylic acids is 1. The van der Waals surface area contributed by atoms with Gasteiger partial charge in [0.1, 0.15) is 5.75 Å². The Hall–Kier alpha value is -2.51. The summed E-state index contributed by atoms with van der Waals surface area (Å²) >= 11 is 7.31. The minimum Gasteiger partial charge on any atom is -0.491 e. The van der Waals surface area contributed by atoms with Crippen LogP contribution >= 0.6 is 23.4 Å². The summed E-state index contributed by atoms with van der Waals surface area (Å²) in [5.41, 5.74) is 1.04. The molecular weight excluding hydrogens is 434 g/mol. The van der Waals surface area contributed by atoms with Gasteiger partial charge in [-0.2, -0.15) is 0 Å². The lowest BCUT2D eigenvalue weighted by atomic mass is 10.2. The van der Waals surface area contributed by atoms with E-state index >= 15 is 0 Å². The van der Waals surface area contributed by atoms with E-state index in [1.54, 1.807) is 28.8 Å². The molecule has 6 nitrogen and oxygen atoms in total. The first-order chi connectivity index (χ1) is 14.9. The lowest BCUT2D eigenvalue weighted by Crippen LogP contribution is -2.26. The van der Waals surface area contributed by atoms with E-state index in [4.69, 9.17) is 16.3 Å². The van der Waals surface area contributed by atoms with Gasteiger partial charge in [0.05, 0.1) is 29.0 Å². The predicted octanol–water partition coefficient (Wildman–Crippen LogP) is 5.23.